The number of oxazole rings is 1. The number of imide groups is 1. The molecule has 2 aromatic carbocycles. The normalized spacial score (nSPS) is 24.5. The van der Waals surface area contributed by atoms with Crippen molar-refractivity contribution in [3.8, 4) is 22.8 Å². The van der Waals surface area contributed by atoms with Crippen molar-refractivity contribution in [3.63, 3.8) is 0 Å². The number of urea groups is 1. The Morgan fingerprint density at radius 2 is 1.80 bits per heavy atom. The van der Waals surface area contributed by atoms with Crippen LogP contribution in [0.5, 0.6) is 0 Å². The minimum atomic E-state index is -0.244. The van der Waals surface area contributed by atoms with Crippen molar-refractivity contribution >= 4 is 34.6 Å². The van der Waals surface area contributed by atoms with Crippen LogP contribution >= 0.6 is 0 Å². The van der Waals surface area contributed by atoms with Crippen LogP contribution in [0.4, 0.5) is 10.5 Å². The molecule has 46 heavy (non-hydrogen) atoms. The van der Waals surface area contributed by atoms with Crippen LogP contribution in [0.2, 0.25) is 0 Å². The molecule has 0 radical (unpaired) electrons. The Hall–Kier alpha value is -4.31. The first-order valence-electron chi connectivity index (χ1n) is 17.0. The van der Waals surface area contributed by atoms with Crippen molar-refractivity contribution in [2.75, 3.05) is 18.4 Å². The van der Waals surface area contributed by atoms with Crippen molar-refractivity contribution in [1.29, 1.82) is 0 Å². The summed E-state index contributed by atoms with van der Waals surface area (Å²) in [5.41, 5.74) is 3.94. The smallest absolute Gasteiger partial charge is 0.428 e. The number of nitrogens with one attached hydrogen (secondary N) is 2. The summed E-state index contributed by atoms with van der Waals surface area (Å²) >= 11 is 0. The van der Waals surface area contributed by atoms with Gasteiger partial charge in [0, 0.05) is 42.6 Å². The van der Waals surface area contributed by atoms with Crippen LogP contribution in [-0.2, 0) is 9.59 Å². The van der Waals surface area contributed by atoms with Gasteiger partial charge in [-0.15, -0.1) is 0 Å². The van der Waals surface area contributed by atoms with Crippen molar-refractivity contribution in [2.45, 2.75) is 83.2 Å². The Bertz CT molecular complexity index is 1820. The highest BCUT2D eigenvalue weighted by Gasteiger charge is 2.53. The molecule has 4 amide bonds. The first kappa shape index (κ1) is 29.1. The molecule has 238 valence electrons. The second kappa shape index (κ2) is 11.5. The molecular weight excluding hydrogens is 580 g/mol. The van der Waals surface area contributed by atoms with E-state index in [1.807, 2.05) is 54.3 Å². The zero-order valence-corrected chi connectivity index (χ0v) is 26.3. The van der Waals surface area contributed by atoms with Gasteiger partial charge >= 0.3 is 11.9 Å². The van der Waals surface area contributed by atoms with E-state index < -0.39 is 0 Å². The number of hydrogen-bond acceptors (Lipinski definition) is 6. The number of aromatic nitrogens is 3. The highest BCUT2D eigenvalue weighted by atomic mass is 16.4. The number of fused-ring (bicyclic) bond motifs is 1. The molecule has 2 N–H and O–H groups in total. The topological polar surface area (TPSA) is 121 Å². The van der Waals surface area contributed by atoms with Crippen LogP contribution in [0.25, 0.3) is 33.8 Å². The van der Waals surface area contributed by atoms with Crippen LogP contribution in [0, 0.1) is 11.8 Å². The Balaban J connectivity index is 0.991. The van der Waals surface area contributed by atoms with E-state index in [9.17, 15) is 14.4 Å². The quantitative estimate of drug-likeness (QED) is 0.201. The zero-order chi connectivity index (χ0) is 31.4. The van der Waals surface area contributed by atoms with Gasteiger partial charge in [-0.1, -0.05) is 12.1 Å². The number of quaternary nitrogens is 1. The number of carbonyl (C=O) groups excluding carboxylic acids is 3. The first-order valence-corrected chi connectivity index (χ1v) is 17.0. The standard InChI is InChI=1S/C36H40N6O4/c1-22-5-4-16-42(22,33(44)18-24-11-12-24)36(45)38-27-7-2-6-25(19-27)31-21-37-35(46-31)26-13-14-28-29(20-26)40-34(39-28)30-8-3-15-41(30)32(43)17-23-9-10-23/h2,6-7,13-14,19-24,30H,3-5,8-12,15-18H2,1H3,(H-,37,38,39,40,45)/p+1/t22-,30+,42?/m1/s1. The molecule has 2 saturated heterocycles. The molecule has 3 atom stereocenters. The number of imidazole rings is 1. The number of benzene rings is 2. The van der Waals surface area contributed by atoms with E-state index in [0.29, 0.717) is 48.6 Å². The molecule has 2 aliphatic carbocycles. The SMILES string of the molecule is C[C@@H]1CCC[N+]1(C(=O)CC1CC1)C(=O)Nc1cccc(-c2cnc(-c3ccc4nc([C@@H]5CCCN5C(=O)CC5CC5)[nH]c4c3)o2)c1. The second-order valence-corrected chi connectivity index (χ2v) is 13.9. The molecule has 10 nitrogen and oxygen atoms in total. The molecule has 4 aliphatic rings. The zero-order valence-electron chi connectivity index (χ0n) is 26.3. The summed E-state index contributed by atoms with van der Waals surface area (Å²) in [6, 6.07) is 13.1. The van der Waals surface area contributed by atoms with Gasteiger partial charge in [0.15, 0.2) is 5.76 Å². The van der Waals surface area contributed by atoms with E-state index in [4.69, 9.17) is 9.40 Å². The summed E-state index contributed by atoms with van der Waals surface area (Å²) < 4.78 is 6.11. The molecule has 10 heteroatoms. The molecular formula is C36H41N6O4+. The number of likely N-dealkylation sites (tertiary alicyclic amines) is 2. The lowest BCUT2D eigenvalue weighted by Crippen LogP contribution is -2.60. The van der Waals surface area contributed by atoms with Gasteiger partial charge in [0.25, 0.3) is 0 Å². The van der Waals surface area contributed by atoms with Gasteiger partial charge in [0.1, 0.15) is 11.9 Å². The lowest BCUT2D eigenvalue weighted by atomic mass is 10.1. The van der Waals surface area contributed by atoms with E-state index >= 15 is 0 Å². The lowest BCUT2D eigenvalue weighted by Gasteiger charge is -2.33. The summed E-state index contributed by atoms with van der Waals surface area (Å²) in [7, 11) is 0. The number of amides is 4. The van der Waals surface area contributed by atoms with E-state index in [1.165, 1.54) is 12.8 Å². The van der Waals surface area contributed by atoms with Gasteiger partial charge < -0.3 is 14.3 Å². The van der Waals surface area contributed by atoms with Crippen LogP contribution < -0.4 is 5.32 Å². The molecule has 4 heterocycles. The largest absolute Gasteiger partial charge is 0.436 e. The van der Waals surface area contributed by atoms with Crippen molar-refractivity contribution in [1.82, 2.24) is 19.9 Å². The van der Waals surface area contributed by atoms with Crippen molar-refractivity contribution in [2.24, 2.45) is 11.8 Å². The van der Waals surface area contributed by atoms with Gasteiger partial charge in [-0.25, -0.2) is 19.6 Å². The Kier molecular flexibility index (Phi) is 7.27. The molecule has 8 rings (SSSR count). The fourth-order valence-corrected chi connectivity index (χ4v) is 7.46. The Morgan fingerprint density at radius 3 is 2.59 bits per heavy atom. The summed E-state index contributed by atoms with van der Waals surface area (Å²) in [6.07, 6.45) is 11.0. The number of rotatable bonds is 8. The molecule has 0 bridgehead atoms. The highest BCUT2D eigenvalue weighted by molar-refractivity contribution is 5.93. The maximum atomic E-state index is 13.7. The third-order valence-electron chi connectivity index (χ3n) is 10.6. The highest BCUT2D eigenvalue weighted by Crippen LogP contribution is 2.39. The second-order valence-electron chi connectivity index (χ2n) is 13.9. The van der Waals surface area contributed by atoms with Crippen LogP contribution in [-0.4, -0.2) is 61.3 Å². The molecule has 4 fully saturated rings. The number of nitrogens with zero attached hydrogens (tertiary/aromatic N) is 4. The average molecular weight is 622 g/mol. The number of H-pyrrole nitrogens is 1. The number of anilines is 1. The van der Waals surface area contributed by atoms with Gasteiger partial charge in [0.05, 0.1) is 36.2 Å². The van der Waals surface area contributed by atoms with E-state index in [0.717, 1.165) is 73.1 Å². The predicted octanol–water partition coefficient (Wildman–Crippen LogP) is 7.21. The van der Waals surface area contributed by atoms with E-state index in [2.05, 4.69) is 15.3 Å². The van der Waals surface area contributed by atoms with Gasteiger partial charge in [-0.3, -0.25) is 10.1 Å². The number of carbonyl (C=O) groups is 3. The van der Waals surface area contributed by atoms with Gasteiger partial charge in [0.2, 0.25) is 11.8 Å². The van der Waals surface area contributed by atoms with Crippen molar-refractivity contribution in [3.05, 3.63) is 54.5 Å². The van der Waals surface area contributed by atoms with Crippen molar-refractivity contribution < 1.29 is 23.3 Å². The summed E-state index contributed by atoms with van der Waals surface area (Å²) in [5.74, 6) is 3.19. The van der Waals surface area contributed by atoms with Crippen LogP contribution in [0.15, 0.2) is 53.1 Å². The van der Waals surface area contributed by atoms with Gasteiger partial charge in [-0.05, 0) is 87.6 Å². The fourth-order valence-electron chi connectivity index (χ4n) is 7.46. The number of aromatic amines is 1. The molecule has 4 aromatic rings. The minimum Gasteiger partial charge on any atom is -0.436 e. The van der Waals surface area contributed by atoms with Crippen LogP contribution in [0.3, 0.4) is 0 Å². The third-order valence-corrected chi connectivity index (χ3v) is 10.6. The van der Waals surface area contributed by atoms with Crippen LogP contribution in [0.1, 0.15) is 83.0 Å². The fraction of sp³-hybridized carbons (Fsp3) is 0.472. The summed E-state index contributed by atoms with van der Waals surface area (Å²) in [5, 5.41) is 3.06. The number of hydrogen-bond donors (Lipinski definition) is 2. The van der Waals surface area contributed by atoms with Gasteiger partial charge in [-0.2, -0.15) is 4.48 Å². The Labute approximate surface area is 268 Å². The first-order chi connectivity index (χ1) is 22.4. The monoisotopic (exact) mass is 621 g/mol. The predicted molar refractivity (Wildman–Crippen MR) is 173 cm³/mol. The summed E-state index contributed by atoms with van der Waals surface area (Å²) in [4.78, 5) is 54.9. The molecule has 2 aliphatic heterocycles. The third kappa shape index (κ3) is 5.42. The average Bonchev–Trinajstić information content (AvgIpc) is 3.77. The maximum absolute atomic E-state index is 13.7. The summed E-state index contributed by atoms with van der Waals surface area (Å²) in [6.45, 7) is 3.37. The molecule has 2 saturated carbocycles. The maximum Gasteiger partial charge on any atom is 0.428 e. The van der Waals surface area contributed by atoms with E-state index in [1.54, 1.807) is 6.20 Å². The molecule has 1 unspecified atom stereocenters. The molecule has 0 spiro atoms. The minimum absolute atomic E-state index is 0.00918. The lowest BCUT2D eigenvalue weighted by molar-refractivity contribution is -0.782. The Morgan fingerprint density at radius 1 is 0.978 bits per heavy atom. The molecule has 2 aromatic heterocycles. The van der Waals surface area contributed by atoms with E-state index in [-0.39, 0.29) is 34.4 Å².